The molecule has 0 N–H and O–H groups in total. The van der Waals surface area contributed by atoms with Crippen molar-refractivity contribution in [3.63, 3.8) is 0 Å². The van der Waals surface area contributed by atoms with Gasteiger partial charge in [-0.15, -0.1) is 0 Å². The highest BCUT2D eigenvalue weighted by Crippen LogP contribution is 2.36. The monoisotopic (exact) mass is 424 g/mol. The van der Waals surface area contributed by atoms with Crippen LogP contribution in [0.2, 0.25) is 6.04 Å². The zero-order chi connectivity index (χ0) is 20.2. The van der Waals surface area contributed by atoms with Crippen LogP contribution in [0.5, 0.6) is 0 Å². The molecule has 1 fully saturated rings. The summed E-state index contributed by atoms with van der Waals surface area (Å²) in [7, 11) is -2.55. The van der Waals surface area contributed by atoms with Crippen LogP contribution < -0.4 is 0 Å². The Bertz CT molecular complexity index is 552. The van der Waals surface area contributed by atoms with Gasteiger partial charge in [0.25, 0.3) is 0 Å². The lowest BCUT2D eigenvalue weighted by atomic mass is 9.83. The summed E-state index contributed by atoms with van der Waals surface area (Å²) in [5.74, 6) is 1.49. The van der Waals surface area contributed by atoms with Crippen LogP contribution in [-0.4, -0.2) is 45.4 Å². The molecule has 1 aliphatic rings. The van der Waals surface area contributed by atoms with Crippen LogP contribution in [-0.2, 0) is 13.3 Å². The summed E-state index contributed by atoms with van der Waals surface area (Å²) in [6.07, 6.45) is 5.54. The van der Waals surface area contributed by atoms with Crippen molar-refractivity contribution in [2.75, 3.05) is 25.6 Å². The Kier molecular flexibility index (Phi) is 10.8. The smallest absolute Gasteiger partial charge is 0.374 e. The van der Waals surface area contributed by atoms with E-state index in [1.54, 1.807) is 0 Å². The molecule has 0 aliphatic heterocycles. The maximum atomic E-state index is 13.0. The van der Waals surface area contributed by atoms with Crippen molar-refractivity contribution in [1.82, 2.24) is 0 Å². The maximum Gasteiger partial charge on any atom is 0.500 e. The van der Waals surface area contributed by atoms with Gasteiger partial charge in [-0.05, 0) is 45.8 Å². The van der Waals surface area contributed by atoms with Gasteiger partial charge in [0.05, 0.1) is 0 Å². The molecule has 4 nitrogen and oxygen atoms in total. The first-order valence-electron chi connectivity index (χ1n) is 10.8. The molecule has 0 amide bonds. The van der Waals surface area contributed by atoms with Gasteiger partial charge in [0.15, 0.2) is 5.78 Å². The lowest BCUT2D eigenvalue weighted by molar-refractivity contribution is 0.0712. The van der Waals surface area contributed by atoms with Crippen molar-refractivity contribution in [3.8, 4) is 0 Å². The molecule has 2 rings (SSSR count). The van der Waals surface area contributed by atoms with E-state index in [1.807, 2.05) is 62.9 Å². The summed E-state index contributed by atoms with van der Waals surface area (Å²) >= 11 is 1.96. The molecule has 0 radical (unpaired) electrons. The summed E-state index contributed by atoms with van der Waals surface area (Å²) in [4.78, 5) is 13.0. The van der Waals surface area contributed by atoms with Crippen molar-refractivity contribution in [2.24, 2.45) is 5.92 Å². The van der Waals surface area contributed by atoms with E-state index in [1.165, 1.54) is 6.42 Å². The molecular formula is C22H36O4SSi. The SMILES string of the molecule is CCO[Si](CCCSC1CCCCC1C(=O)c1ccccc1)(OCC)OCC. The van der Waals surface area contributed by atoms with Crippen molar-refractivity contribution in [3.05, 3.63) is 35.9 Å². The van der Waals surface area contributed by atoms with Gasteiger partial charge >= 0.3 is 8.80 Å². The lowest BCUT2D eigenvalue weighted by Crippen LogP contribution is -2.46. The average molecular weight is 425 g/mol. The molecule has 0 spiro atoms. The standard InChI is InChI=1S/C22H36O4SSi/c1-4-24-28(25-5-2,26-6-3)18-12-17-27-21-16-11-10-15-20(21)22(23)19-13-8-7-9-14-19/h7-9,13-14,20-21H,4-6,10-12,15-18H2,1-3H3. The van der Waals surface area contributed by atoms with Crippen molar-refractivity contribution >= 4 is 26.3 Å². The third-order valence-corrected chi connectivity index (χ3v) is 9.82. The highest BCUT2D eigenvalue weighted by Gasteiger charge is 2.40. The normalized spacial score (nSPS) is 20.2. The third-order valence-electron chi connectivity index (χ3n) is 5.15. The van der Waals surface area contributed by atoms with Gasteiger partial charge in [-0.2, -0.15) is 11.8 Å². The molecule has 28 heavy (non-hydrogen) atoms. The Morgan fingerprint density at radius 1 is 1.00 bits per heavy atom. The summed E-state index contributed by atoms with van der Waals surface area (Å²) in [5, 5.41) is 0.420. The Morgan fingerprint density at radius 2 is 1.61 bits per heavy atom. The summed E-state index contributed by atoms with van der Waals surface area (Å²) < 4.78 is 17.9. The molecule has 0 bridgehead atoms. The third kappa shape index (κ3) is 6.99. The highest BCUT2D eigenvalue weighted by molar-refractivity contribution is 7.99. The van der Waals surface area contributed by atoms with E-state index >= 15 is 0 Å². The molecule has 2 atom stereocenters. The van der Waals surface area contributed by atoms with Crippen molar-refractivity contribution in [1.29, 1.82) is 0 Å². The van der Waals surface area contributed by atoms with Gasteiger partial charge in [0, 0.05) is 42.6 Å². The minimum absolute atomic E-state index is 0.147. The Balaban J connectivity index is 1.89. The van der Waals surface area contributed by atoms with Crippen LogP contribution in [0.15, 0.2) is 30.3 Å². The summed E-state index contributed by atoms with van der Waals surface area (Å²) in [6, 6.07) is 10.6. The van der Waals surface area contributed by atoms with Crippen LogP contribution >= 0.6 is 11.8 Å². The van der Waals surface area contributed by atoms with E-state index < -0.39 is 8.80 Å². The molecule has 2 unspecified atom stereocenters. The predicted molar refractivity (Wildman–Crippen MR) is 119 cm³/mol. The van der Waals surface area contributed by atoms with E-state index in [4.69, 9.17) is 13.3 Å². The molecule has 0 saturated heterocycles. The first kappa shape index (κ1) is 23.6. The zero-order valence-electron chi connectivity index (χ0n) is 17.7. The van der Waals surface area contributed by atoms with E-state index in [9.17, 15) is 4.79 Å². The second kappa shape index (κ2) is 12.8. The number of carbonyl (C=O) groups is 1. The number of Topliss-reactive ketones (excluding diaryl/α,β-unsaturated/α-hetero) is 1. The van der Waals surface area contributed by atoms with Gasteiger partial charge in [0.1, 0.15) is 0 Å². The zero-order valence-corrected chi connectivity index (χ0v) is 19.5. The minimum atomic E-state index is -2.55. The van der Waals surface area contributed by atoms with E-state index in [0.717, 1.165) is 43.0 Å². The maximum absolute atomic E-state index is 13.0. The van der Waals surface area contributed by atoms with Gasteiger partial charge in [0.2, 0.25) is 0 Å². The number of hydrogen-bond acceptors (Lipinski definition) is 5. The summed E-state index contributed by atoms with van der Waals surface area (Å²) in [5.41, 5.74) is 0.857. The fourth-order valence-electron chi connectivity index (χ4n) is 3.94. The first-order valence-corrected chi connectivity index (χ1v) is 13.8. The molecule has 1 aromatic carbocycles. The Morgan fingerprint density at radius 3 is 2.21 bits per heavy atom. The molecule has 158 valence electrons. The number of carbonyl (C=O) groups excluding carboxylic acids is 1. The fourth-order valence-corrected chi connectivity index (χ4v) is 8.24. The van der Waals surface area contributed by atoms with Crippen LogP contribution in [0, 0.1) is 5.92 Å². The highest BCUT2D eigenvalue weighted by atomic mass is 32.2. The van der Waals surface area contributed by atoms with Crippen LogP contribution in [0.1, 0.15) is 63.2 Å². The number of thioether (sulfide) groups is 1. The van der Waals surface area contributed by atoms with Crippen LogP contribution in [0.3, 0.4) is 0 Å². The minimum Gasteiger partial charge on any atom is -0.374 e. The molecule has 6 heteroatoms. The van der Waals surface area contributed by atoms with E-state index in [-0.39, 0.29) is 5.92 Å². The largest absolute Gasteiger partial charge is 0.500 e. The van der Waals surface area contributed by atoms with Crippen molar-refractivity contribution < 1.29 is 18.1 Å². The molecular weight excluding hydrogens is 388 g/mol. The lowest BCUT2D eigenvalue weighted by Gasteiger charge is -2.31. The van der Waals surface area contributed by atoms with Gasteiger partial charge in [-0.3, -0.25) is 4.79 Å². The molecule has 0 aromatic heterocycles. The number of hydrogen-bond donors (Lipinski definition) is 0. The van der Waals surface area contributed by atoms with Gasteiger partial charge in [-0.25, -0.2) is 0 Å². The second-order valence-corrected chi connectivity index (χ2v) is 11.2. The van der Waals surface area contributed by atoms with E-state index in [2.05, 4.69) is 0 Å². The van der Waals surface area contributed by atoms with Crippen molar-refractivity contribution in [2.45, 2.75) is 64.2 Å². The topological polar surface area (TPSA) is 44.8 Å². The predicted octanol–water partition coefficient (Wildman–Crippen LogP) is 5.60. The number of benzene rings is 1. The van der Waals surface area contributed by atoms with Crippen LogP contribution in [0.4, 0.5) is 0 Å². The fraction of sp³-hybridized carbons (Fsp3) is 0.682. The Labute approximate surface area is 176 Å². The van der Waals surface area contributed by atoms with E-state index in [0.29, 0.717) is 30.9 Å². The van der Waals surface area contributed by atoms with Gasteiger partial charge < -0.3 is 13.3 Å². The molecule has 1 aliphatic carbocycles. The summed E-state index contributed by atoms with van der Waals surface area (Å²) in [6.45, 7) is 7.85. The molecule has 1 aromatic rings. The molecule has 0 heterocycles. The average Bonchev–Trinajstić information content (AvgIpc) is 2.72. The second-order valence-electron chi connectivity index (χ2n) is 7.12. The molecule has 1 saturated carbocycles. The van der Waals surface area contributed by atoms with Gasteiger partial charge in [-0.1, -0.05) is 43.2 Å². The quantitative estimate of drug-likeness (QED) is 0.234. The number of ketones is 1. The Hall–Kier alpha value is -0.663. The van der Waals surface area contributed by atoms with Crippen LogP contribution in [0.25, 0.3) is 0 Å². The first-order chi connectivity index (χ1) is 13.7. The number of rotatable bonds is 13.